The number of aromatic nitrogens is 3. The van der Waals surface area contributed by atoms with Gasteiger partial charge in [0.15, 0.2) is 5.82 Å². The minimum absolute atomic E-state index is 0.242. The molecular formula is C13H15ClN4. The quantitative estimate of drug-likeness (QED) is 0.844. The Bertz CT molecular complexity index is 581. The summed E-state index contributed by atoms with van der Waals surface area (Å²) in [5.41, 5.74) is 7.29. The first-order valence-corrected chi connectivity index (χ1v) is 6.13. The normalized spacial score (nSPS) is 10.9. The summed E-state index contributed by atoms with van der Waals surface area (Å²) in [6, 6.07) is 5.28. The molecule has 2 rings (SSSR count). The van der Waals surface area contributed by atoms with Gasteiger partial charge in [0, 0.05) is 22.2 Å². The topological polar surface area (TPSA) is 64.7 Å². The Hall–Kier alpha value is -1.68. The van der Waals surface area contributed by atoms with Crippen LogP contribution in [0, 0.1) is 6.92 Å². The van der Waals surface area contributed by atoms with Gasteiger partial charge in [0.2, 0.25) is 0 Å². The zero-order chi connectivity index (χ0) is 13.3. The highest BCUT2D eigenvalue weighted by atomic mass is 35.5. The number of nitrogen functional groups attached to an aromatic ring is 1. The lowest BCUT2D eigenvalue weighted by molar-refractivity contribution is 0.750. The van der Waals surface area contributed by atoms with Gasteiger partial charge in [0.25, 0.3) is 0 Å². The van der Waals surface area contributed by atoms with Crippen molar-refractivity contribution >= 4 is 17.3 Å². The predicted octanol–water partition coefficient (Wildman–Crippen LogP) is 3.21. The Morgan fingerprint density at radius 3 is 2.56 bits per heavy atom. The van der Waals surface area contributed by atoms with Crippen LogP contribution in [0.2, 0.25) is 5.02 Å². The molecule has 5 heteroatoms. The molecule has 1 heterocycles. The smallest absolute Gasteiger partial charge is 0.165 e. The number of halogens is 1. The summed E-state index contributed by atoms with van der Waals surface area (Å²) >= 11 is 5.98. The molecule has 2 N–H and O–H groups in total. The Labute approximate surface area is 111 Å². The molecule has 0 saturated carbocycles. The first kappa shape index (κ1) is 12.8. The third kappa shape index (κ3) is 2.59. The molecule has 0 aliphatic carbocycles. The molecule has 0 radical (unpaired) electrons. The molecule has 1 aromatic heterocycles. The van der Waals surface area contributed by atoms with Crippen molar-refractivity contribution in [3.8, 4) is 11.4 Å². The lowest BCUT2D eigenvalue weighted by Crippen LogP contribution is -2.05. The lowest BCUT2D eigenvalue weighted by Gasteiger charge is -2.09. The van der Waals surface area contributed by atoms with Crippen LogP contribution in [0.1, 0.15) is 31.4 Å². The predicted molar refractivity (Wildman–Crippen MR) is 73.5 cm³/mol. The van der Waals surface area contributed by atoms with E-state index < -0.39 is 0 Å². The maximum atomic E-state index is 5.98. The standard InChI is InChI=1S/C13H15ClN4/c1-7(2)12-16-8(3)17-13(18-12)10-6-9(14)4-5-11(10)15/h4-7H,15H2,1-3H3. The molecule has 0 aliphatic rings. The summed E-state index contributed by atoms with van der Waals surface area (Å²) in [5.74, 6) is 2.26. The van der Waals surface area contributed by atoms with E-state index in [-0.39, 0.29) is 5.92 Å². The monoisotopic (exact) mass is 262 g/mol. The van der Waals surface area contributed by atoms with E-state index in [1.807, 2.05) is 20.8 Å². The van der Waals surface area contributed by atoms with Gasteiger partial charge >= 0.3 is 0 Å². The van der Waals surface area contributed by atoms with Crippen molar-refractivity contribution in [1.82, 2.24) is 15.0 Å². The molecule has 0 spiro atoms. The van der Waals surface area contributed by atoms with Crippen molar-refractivity contribution in [3.05, 3.63) is 34.9 Å². The van der Waals surface area contributed by atoms with Gasteiger partial charge in [-0.15, -0.1) is 0 Å². The van der Waals surface area contributed by atoms with Gasteiger partial charge in [0.1, 0.15) is 11.6 Å². The van der Waals surface area contributed by atoms with Crippen molar-refractivity contribution in [2.45, 2.75) is 26.7 Å². The molecule has 1 aromatic carbocycles. The Morgan fingerprint density at radius 2 is 1.89 bits per heavy atom. The third-order valence-corrected chi connectivity index (χ3v) is 2.77. The van der Waals surface area contributed by atoms with Gasteiger partial charge in [-0.2, -0.15) is 0 Å². The van der Waals surface area contributed by atoms with Crippen molar-refractivity contribution < 1.29 is 0 Å². The summed E-state index contributed by atoms with van der Waals surface area (Å²) in [5, 5.41) is 0.614. The number of nitrogens with two attached hydrogens (primary N) is 1. The van der Waals surface area contributed by atoms with Crippen LogP contribution in [0.3, 0.4) is 0 Å². The SMILES string of the molecule is Cc1nc(-c2cc(Cl)ccc2N)nc(C(C)C)n1. The molecule has 0 bridgehead atoms. The van der Waals surface area contributed by atoms with Gasteiger partial charge in [-0.05, 0) is 25.1 Å². The molecule has 4 nitrogen and oxygen atoms in total. The van der Waals surface area contributed by atoms with Crippen LogP contribution >= 0.6 is 11.6 Å². The highest BCUT2D eigenvalue weighted by Gasteiger charge is 2.11. The van der Waals surface area contributed by atoms with Gasteiger partial charge in [-0.25, -0.2) is 15.0 Å². The highest BCUT2D eigenvalue weighted by Crippen LogP contribution is 2.26. The summed E-state index contributed by atoms with van der Waals surface area (Å²) in [6.07, 6.45) is 0. The Morgan fingerprint density at radius 1 is 1.17 bits per heavy atom. The van der Waals surface area contributed by atoms with Crippen molar-refractivity contribution in [2.75, 3.05) is 5.73 Å². The van der Waals surface area contributed by atoms with E-state index in [1.54, 1.807) is 18.2 Å². The zero-order valence-electron chi connectivity index (χ0n) is 10.6. The Balaban J connectivity index is 2.60. The van der Waals surface area contributed by atoms with E-state index >= 15 is 0 Å². The summed E-state index contributed by atoms with van der Waals surface area (Å²) in [4.78, 5) is 13.1. The molecule has 0 unspecified atom stereocenters. The second kappa shape index (κ2) is 4.90. The van der Waals surface area contributed by atoms with Crippen LogP contribution in [-0.4, -0.2) is 15.0 Å². The first-order valence-electron chi connectivity index (χ1n) is 5.75. The number of hydrogen-bond acceptors (Lipinski definition) is 4. The second-order valence-corrected chi connectivity index (χ2v) is 4.89. The fraction of sp³-hybridized carbons (Fsp3) is 0.308. The maximum absolute atomic E-state index is 5.98. The number of rotatable bonds is 2. The van der Waals surface area contributed by atoms with Crippen LogP contribution in [0.4, 0.5) is 5.69 Å². The summed E-state index contributed by atoms with van der Waals surface area (Å²) in [7, 11) is 0. The highest BCUT2D eigenvalue weighted by molar-refractivity contribution is 6.31. The van der Waals surface area contributed by atoms with Crippen LogP contribution < -0.4 is 5.73 Å². The van der Waals surface area contributed by atoms with Gasteiger partial charge < -0.3 is 5.73 Å². The Kier molecular flexibility index (Phi) is 3.48. The van der Waals surface area contributed by atoms with E-state index in [4.69, 9.17) is 17.3 Å². The average Bonchev–Trinajstić information content (AvgIpc) is 2.31. The number of nitrogens with zero attached hydrogens (tertiary/aromatic N) is 3. The number of anilines is 1. The van der Waals surface area contributed by atoms with Crippen molar-refractivity contribution in [2.24, 2.45) is 0 Å². The van der Waals surface area contributed by atoms with Crippen LogP contribution in [0.15, 0.2) is 18.2 Å². The molecule has 0 atom stereocenters. The molecule has 18 heavy (non-hydrogen) atoms. The molecule has 0 saturated heterocycles. The zero-order valence-corrected chi connectivity index (χ0v) is 11.4. The van der Waals surface area contributed by atoms with Crippen molar-refractivity contribution in [1.29, 1.82) is 0 Å². The largest absolute Gasteiger partial charge is 0.398 e. The number of hydrogen-bond donors (Lipinski definition) is 1. The van der Waals surface area contributed by atoms with E-state index in [0.29, 0.717) is 22.4 Å². The van der Waals surface area contributed by atoms with Gasteiger partial charge in [-0.1, -0.05) is 25.4 Å². The molecule has 0 fully saturated rings. The minimum atomic E-state index is 0.242. The number of aryl methyl sites for hydroxylation is 1. The van der Waals surface area contributed by atoms with Crippen LogP contribution in [0.25, 0.3) is 11.4 Å². The van der Waals surface area contributed by atoms with E-state index in [0.717, 1.165) is 11.4 Å². The molecule has 0 amide bonds. The number of benzene rings is 1. The van der Waals surface area contributed by atoms with E-state index in [2.05, 4.69) is 15.0 Å². The van der Waals surface area contributed by atoms with E-state index in [9.17, 15) is 0 Å². The van der Waals surface area contributed by atoms with Gasteiger partial charge in [0.05, 0.1) is 0 Å². The van der Waals surface area contributed by atoms with Gasteiger partial charge in [-0.3, -0.25) is 0 Å². The van der Waals surface area contributed by atoms with Crippen LogP contribution in [-0.2, 0) is 0 Å². The first-order chi connectivity index (χ1) is 8.47. The fourth-order valence-corrected chi connectivity index (χ4v) is 1.78. The molecule has 0 aliphatic heterocycles. The van der Waals surface area contributed by atoms with Crippen LogP contribution in [0.5, 0.6) is 0 Å². The summed E-state index contributed by atoms with van der Waals surface area (Å²) in [6.45, 7) is 5.93. The maximum Gasteiger partial charge on any atom is 0.165 e. The van der Waals surface area contributed by atoms with Crippen molar-refractivity contribution in [3.63, 3.8) is 0 Å². The fourth-order valence-electron chi connectivity index (χ4n) is 1.60. The second-order valence-electron chi connectivity index (χ2n) is 4.45. The third-order valence-electron chi connectivity index (χ3n) is 2.54. The minimum Gasteiger partial charge on any atom is -0.398 e. The molecule has 2 aromatic rings. The molecular weight excluding hydrogens is 248 g/mol. The van der Waals surface area contributed by atoms with E-state index in [1.165, 1.54) is 0 Å². The lowest BCUT2D eigenvalue weighted by atomic mass is 10.1. The molecule has 94 valence electrons. The summed E-state index contributed by atoms with van der Waals surface area (Å²) < 4.78 is 0. The average molecular weight is 263 g/mol.